The van der Waals surface area contributed by atoms with Gasteiger partial charge in [0.15, 0.2) is 0 Å². The summed E-state index contributed by atoms with van der Waals surface area (Å²) in [5, 5.41) is 5.42. The Hall–Kier alpha value is -3.75. The van der Waals surface area contributed by atoms with E-state index in [0.717, 1.165) is 37.0 Å². The fourth-order valence-electron chi connectivity index (χ4n) is 3.74. The topological polar surface area (TPSA) is 140 Å². The minimum Gasteiger partial charge on any atom is -0.448 e. The highest BCUT2D eigenvalue weighted by molar-refractivity contribution is 6.14. The molecule has 0 radical (unpaired) electrons. The van der Waals surface area contributed by atoms with Crippen LogP contribution in [0, 0.1) is 12.8 Å². The average Bonchev–Trinajstić information content (AvgIpc) is 3.39. The van der Waals surface area contributed by atoms with Gasteiger partial charge in [0.25, 0.3) is 5.91 Å². The molecule has 1 aliphatic carbocycles. The number of pyridine rings is 2. The summed E-state index contributed by atoms with van der Waals surface area (Å²) in [4.78, 5) is 40.8. The maximum absolute atomic E-state index is 12.4. The molecular formula is C33H53N5O4. The SMILES string of the molecule is CC.CC1CCCCC1.CCCC.CCCCC=O.Cc1ccc(NC(=O)c2oc3ccnc(N)c3c2NC=O)nc1. The zero-order valence-electron chi connectivity index (χ0n) is 26.8. The van der Waals surface area contributed by atoms with Crippen LogP contribution in [0.5, 0.6) is 0 Å². The average molecular weight is 584 g/mol. The number of carbonyl (C=O) groups is 3. The maximum Gasteiger partial charge on any atom is 0.294 e. The van der Waals surface area contributed by atoms with Crippen molar-refractivity contribution in [3.63, 3.8) is 0 Å². The number of furan rings is 1. The Bertz CT molecular complexity index is 1140. The van der Waals surface area contributed by atoms with Crippen molar-refractivity contribution in [1.82, 2.24) is 9.97 Å². The summed E-state index contributed by atoms with van der Waals surface area (Å²) in [6.45, 7) is 14.7. The van der Waals surface area contributed by atoms with Crippen LogP contribution in [0.15, 0.2) is 35.0 Å². The molecule has 4 rings (SSSR count). The summed E-state index contributed by atoms with van der Waals surface area (Å²) < 4.78 is 5.51. The number of amides is 2. The van der Waals surface area contributed by atoms with Crippen molar-refractivity contribution < 1.29 is 18.8 Å². The Kier molecular flexibility index (Phi) is 21.8. The Morgan fingerprint density at radius 1 is 1.02 bits per heavy atom. The highest BCUT2D eigenvalue weighted by atomic mass is 16.3. The summed E-state index contributed by atoms with van der Waals surface area (Å²) in [5.74, 6) is 0.927. The first-order valence-electron chi connectivity index (χ1n) is 15.4. The van der Waals surface area contributed by atoms with Crippen LogP contribution in [0.3, 0.4) is 0 Å². The molecule has 3 heterocycles. The van der Waals surface area contributed by atoms with Gasteiger partial charge >= 0.3 is 0 Å². The van der Waals surface area contributed by atoms with Crippen LogP contribution in [0.1, 0.15) is 122 Å². The third-order valence-electron chi connectivity index (χ3n) is 6.26. The Balaban J connectivity index is 0.000000721. The molecular weight excluding hydrogens is 530 g/mol. The lowest BCUT2D eigenvalue weighted by atomic mass is 9.91. The summed E-state index contributed by atoms with van der Waals surface area (Å²) >= 11 is 0. The molecule has 3 aromatic rings. The predicted octanol–water partition coefficient (Wildman–Crippen LogP) is 8.73. The molecule has 0 aromatic carbocycles. The van der Waals surface area contributed by atoms with E-state index >= 15 is 0 Å². The van der Waals surface area contributed by atoms with Gasteiger partial charge in [-0.1, -0.05) is 99.0 Å². The number of fused-ring (bicyclic) bond motifs is 1. The van der Waals surface area contributed by atoms with Crippen LogP contribution >= 0.6 is 0 Å². The van der Waals surface area contributed by atoms with Crippen molar-refractivity contribution in [3.05, 3.63) is 41.9 Å². The molecule has 9 heteroatoms. The lowest BCUT2D eigenvalue weighted by molar-refractivity contribution is -0.108. The van der Waals surface area contributed by atoms with Gasteiger partial charge in [0, 0.05) is 18.8 Å². The van der Waals surface area contributed by atoms with Gasteiger partial charge in [0.05, 0.1) is 5.39 Å². The number of nitrogens with zero attached hydrogens (tertiary/aromatic N) is 2. The van der Waals surface area contributed by atoms with E-state index in [1.54, 1.807) is 18.3 Å². The second-order valence-electron chi connectivity index (χ2n) is 9.86. The summed E-state index contributed by atoms with van der Waals surface area (Å²) in [7, 11) is 0. The van der Waals surface area contributed by atoms with Crippen molar-refractivity contribution in [3.8, 4) is 0 Å². The number of unbranched alkanes of at least 4 members (excludes halogenated alkanes) is 3. The van der Waals surface area contributed by atoms with Crippen LogP contribution in [-0.2, 0) is 9.59 Å². The van der Waals surface area contributed by atoms with Gasteiger partial charge in [-0.15, -0.1) is 0 Å². The van der Waals surface area contributed by atoms with Crippen molar-refractivity contribution in [2.75, 3.05) is 16.4 Å². The van der Waals surface area contributed by atoms with Gasteiger partial charge in [0.2, 0.25) is 12.2 Å². The normalized spacial score (nSPS) is 12.0. The van der Waals surface area contributed by atoms with Gasteiger partial charge in [-0.2, -0.15) is 0 Å². The van der Waals surface area contributed by atoms with E-state index in [9.17, 15) is 14.4 Å². The molecule has 0 spiro atoms. The first-order chi connectivity index (χ1) is 20.3. The van der Waals surface area contributed by atoms with Crippen LogP contribution in [0.4, 0.5) is 17.3 Å². The molecule has 0 aliphatic heterocycles. The van der Waals surface area contributed by atoms with Gasteiger partial charge in [0.1, 0.15) is 29.2 Å². The maximum atomic E-state index is 12.4. The predicted molar refractivity (Wildman–Crippen MR) is 175 cm³/mol. The first kappa shape index (κ1) is 38.2. The molecule has 1 aliphatic rings. The largest absolute Gasteiger partial charge is 0.448 e. The van der Waals surface area contributed by atoms with E-state index in [1.807, 2.05) is 26.8 Å². The fourth-order valence-corrected chi connectivity index (χ4v) is 3.74. The molecule has 3 aromatic heterocycles. The minimum atomic E-state index is -0.554. The number of aryl methyl sites for hydroxylation is 1. The molecule has 0 unspecified atom stereocenters. The van der Waals surface area contributed by atoms with Crippen molar-refractivity contribution in [2.24, 2.45) is 5.92 Å². The van der Waals surface area contributed by atoms with Gasteiger partial charge < -0.3 is 25.6 Å². The van der Waals surface area contributed by atoms with Gasteiger partial charge in [-0.25, -0.2) is 9.97 Å². The van der Waals surface area contributed by atoms with Crippen molar-refractivity contribution >= 4 is 46.9 Å². The summed E-state index contributed by atoms with van der Waals surface area (Å²) in [6.07, 6.45) is 17.5. The van der Waals surface area contributed by atoms with Crippen LogP contribution in [0.25, 0.3) is 11.0 Å². The first-order valence-corrected chi connectivity index (χ1v) is 15.4. The van der Waals surface area contributed by atoms with Gasteiger partial charge in [-0.05, 0) is 37.0 Å². The van der Waals surface area contributed by atoms with E-state index in [1.165, 1.54) is 51.1 Å². The summed E-state index contributed by atoms with van der Waals surface area (Å²) in [6, 6.07) is 5.04. The summed E-state index contributed by atoms with van der Waals surface area (Å²) in [5.41, 5.74) is 7.29. The zero-order chi connectivity index (χ0) is 31.8. The van der Waals surface area contributed by atoms with Crippen LogP contribution in [0.2, 0.25) is 0 Å². The number of nitrogens with two attached hydrogens (primary N) is 1. The highest BCUT2D eigenvalue weighted by Crippen LogP contribution is 2.34. The number of rotatable bonds is 8. The zero-order valence-corrected chi connectivity index (χ0v) is 26.8. The standard InChI is InChI=1S/C15H13N5O3.C7H14.C5H10O.C4H10.C2H6/c1-8-2-3-10(18-6-8)20-15(22)13-12(19-7-21)11-9(23-13)4-5-17-14(11)16;1-7-5-3-2-4-6-7;1-2-3-4-5-6;1-3-4-2;1-2/h2-7H,1H3,(H2,16,17)(H,19,21)(H,18,20,22);7H,2-6H2,1H3;5H,2-4H2,1H3;3-4H2,1-2H3;1-2H3. The molecule has 1 fully saturated rings. The van der Waals surface area contributed by atoms with Crippen LogP contribution in [-0.4, -0.2) is 28.6 Å². The number of nitrogens with one attached hydrogen (secondary N) is 2. The van der Waals surface area contributed by atoms with Crippen LogP contribution < -0.4 is 16.4 Å². The third kappa shape index (κ3) is 14.8. The molecule has 0 atom stereocenters. The molecule has 234 valence electrons. The lowest BCUT2D eigenvalue weighted by Crippen LogP contribution is -2.14. The van der Waals surface area contributed by atoms with Crippen molar-refractivity contribution in [1.29, 1.82) is 0 Å². The quantitative estimate of drug-likeness (QED) is 0.178. The third-order valence-corrected chi connectivity index (χ3v) is 6.26. The number of aromatic nitrogens is 2. The van der Waals surface area contributed by atoms with E-state index in [-0.39, 0.29) is 17.3 Å². The van der Waals surface area contributed by atoms with Crippen molar-refractivity contribution in [2.45, 2.75) is 113 Å². The second-order valence-corrected chi connectivity index (χ2v) is 9.86. The minimum absolute atomic E-state index is 0.0748. The smallest absolute Gasteiger partial charge is 0.294 e. The molecule has 9 nitrogen and oxygen atoms in total. The molecule has 42 heavy (non-hydrogen) atoms. The number of carbonyl (C=O) groups excluding carboxylic acids is 3. The Labute approximate surface area is 252 Å². The molecule has 2 amide bonds. The molecule has 1 saturated carbocycles. The fraction of sp³-hybridized carbons (Fsp3) is 0.545. The van der Waals surface area contributed by atoms with E-state index in [4.69, 9.17) is 10.2 Å². The number of aldehydes is 1. The van der Waals surface area contributed by atoms with E-state index in [0.29, 0.717) is 23.2 Å². The number of nitrogen functional groups attached to an aromatic ring is 1. The molecule has 0 saturated heterocycles. The highest BCUT2D eigenvalue weighted by Gasteiger charge is 2.23. The van der Waals surface area contributed by atoms with E-state index in [2.05, 4.69) is 48.3 Å². The van der Waals surface area contributed by atoms with E-state index < -0.39 is 5.91 Å². The Morgan fingerprint density at radius 2 is 1.69 bits per heavy atom. The Morgan fingerprint density at radius 3 is 2.14 bits per heavy atom. The lowest BCUT2D eigenvalue weighted by Gasteiger charge is -2.15. The molecule has 4 N–H and O–H groups in total. The second kappa shape index (κ2) is 23.9. The van der Waals surface area contributed by atoms with Gasteiger partial charge in [-0.3, -0.25) is 9.59 Å². The monoisotopic (exact) mass is 583 g/mol. The molecule has 0 bridgehead atoms. The number of hydrogen-bond acceptors (Lipinski definition) is 7. The number of hydrogen-bond donors (Lipinski definition) is 3. The number of anilines is 3.